The maximum atomic E-state index is 13.2. The van der Waals surface area contributed by atoms with Gasteiger partial charge in [-0.1, -0.05) is 18.0 Å². The topological polar surface area (TPSA) is 86.8 Å². The van der Waals surface area contributed by atoms with Crippen molar-refractivity contribution < 1.29 is 18.0 Å². The molecular weight excluding hydrogens is 398 g/mol. The lowest BCUT2D eigenvalue weighted by Gasteiger charge is -2.44. The summed E-state index contributed by atoms with van der Waals surface area (Å²) in [4.78, 5) is 26.9. The van der Waals surface area contributed by atoms with E-state index in [2.05, 4.69) is 5.32 Å². The fraction of sp³-hybridized carbons (Fsp3) is 0.625. The van der Waals surface area contributed by atoms with E-state index in [0.717, 1.165) is 17.8 Å². The molecule has 0 spiro atoms. The number of piperidine rings is 1. The van der Waals surface area contributed by atoms with Gasteiger partial charge in [0.2, 0.25) is 11.8 Å². The monoisotopic (exact) mass is 419 g/mol. The number of amides is 2. The van der Waals surface area contributed by atoms with E-state index in [1.807, 2.05) is 0 Å². The number of nitrogens with one attached hydrogen (secondary N) is 1. The molecule has 144 valence electrons. The maximum absolute atomic E-state index is 13.2. The van der Waals surface area contributed by atoms with E-state index in [4.69, 9.17) is 11.6 Å². The Morgan fingerprint density at radius 2 is 2.04 bits per heavy atom. The second kappa shape index (κ2) is 7.10. The van der Waals surface area contributed by atoms with Gasteiger partial charge in [0, 0.05) is 19.6 Å². The van der Waals surface area contributed by atoms with Crippen molar-refractivity contribution >= 4 is 44.8 Å². The van der Waals surface area contributed by atoms with Crippen LogP contribution >= 0.6 is 22.9 Å². The summed E-state index contributed by atoms with van der Waals surface area (Å²) in [6, 6.07) is 2.22. The van der Waals surface area contributed by atoms with Gasteiger partial charge in [0.05, 0.1) is 4.34 Å². The highest BCUT2D eigenvalue weighted by Gasteiger charge is 2.46. The summed E-state index contributed by atoms with van der Waals surface area (Å²) >= 11 is 6.88. The van der Waals surface area contributed by atoms with Crippen LogP contribution in [0, 0.1) is 0 Å². The average Bonchev–Trinajstić information content (AvgIpc) is 3.04. The molecule has 0 aliphatic carbocycles. The Morgan fingerprint density at radius 1 is 1.31 bits per heavy atom. The smallest absolute Gasteiger partial charge is 0.253 e. The summed E-state index contributed by atoms with van der Waals surface area (Å²) in [6.07, 6.45) is 1.92. The molecule has 1 aromatic rings. The second-order valence-electron chi connectivity index (χ2n) is 6.99. The number of rotatable bonds is 3. The molecule has 1 unspecified atom stereocenters. The van der Waals surface area contributed by atoms with Crippen molar-refractivity contribution in [1.29, 1.82) is 0 Å². The summed E-state index contributed by atoms with van der Waals surface area (Å²) in [5, 5.41) is 2.75. The van der Waals surface area contributed by atoms with Gasteiger partial charge < -0.3 is 10.2 Å². The molecule has 1 aromatic heterocycles. The third kappa shape index (κ3) is 3.37. The molecule has 2 fully saturated rings. The van der Waals surface area contributed by atoms with Gasteiger partial charge in [-0.25, -0.2) is 8.42 Å². The summed E-state index contributed by atoms with van der Waals surface area (Å²) in [5.74, 6) is -0.539. The van der Waals surface area contributed by atoms with Gasteiger partial charge >= 0.3 is 0 Å². The first kappa shape index (κ1) is 19.6. The van der Waals surface area contributed by atoms with Gasteiger partial charge in [-0.15, -0.1) is 11.3 Å². The van der Waals surface area contributed by atoms with Gasteiger partial charge in [0.1, 0.15) is 15.8 Å². The van der Waals surface area contributed by atoms with E-state index in [-0.39, 0.29) is 22.6 Å². The number of thiophene rings is 1. The van der Waals surface area contributed by atoms with Crippen LogP contribution in [0.3, 0.4) is 0 Å². The third-order valence-corrected chi connectivity index (χ3v) is 8.57. The number of hydrogen-bond donors (Lipinski definition) is 1. The molecule has 3 rings (SSSR count). The van der Waals surface area contributed by atoms with Crippen molar-refractivity contribution in [3.63, 3.8) is 0 Å². The predicted molar refractivity (Wildman–Crippen MR) is 99.7 cm³/mol. The van der Waals surface area contributed by atoms with Crippen molar-refractivity contribution in [1.82, 2.24) is 14.5 Å². The van der Waals surface area contributed by atoms with E-state index in [1.165, 1.54) is 21.3 Å². The SMILES string of the molecule is CC1(C)C(=O)NCCN1C(=O)C1CCCCN1S(=O)(=O)c1ccc(Cl)s1. The molecule has 7 nitrogen and oxygen atoms in total. The summed E-state index contributed by atoms with van der Waals surface area (Å²) in [5.41, 5.74) is -1.01. The minimum atomic E-state index is -3.81. The quantitative estimate of drug-likeness (QED) is 0.807. The van der Waals surface area contributed by atoms with Crippen molar-refractivity contribution in [2.24, 2.45) is 0 Å². The highest BCUT2D eigenvalue weighted by atomic mass is 35.5. The van der Waals surface area contributed by atoms with E-state index in [0.29, 0.717) is 30.3 Å². The standard InChI is InChI=1S/C16H22ClN3O4S2/c1-16(2)15(22)18-8-10-19(16)14(21)11-5-3-4-9-20(11)26(23,24)13-7-6-12(17)25-13/h6-7,11H,3-5,8-10H2,1-2H3,(H,18,22). The molecule has 3 heterocycles. The van der Waals surface area contributed by atoms with Gasteiger partial charge in [-0.3, -0.25) is 9.59 Å². The van der Waals surface area contributed by atoms with E-state index in [9.17, 15) is 18.0 Å². The van der Waals surface area contributed by atoms with Crippen LogP contribution < -0.4 is 5.32 Å². The molecule has 0 bridgehead atoms. The van der Waals surface area contributed by atoms with Gasteiger partial charge in [-0.05, 0) is 38.8 Å². The average molecular weight is 420 g/mol. The van der Waals surface area contributed by atoms with E-state index in [1.54, 1.807) is 13.8 Å². The Morgan fingerprint density at radius 3 is 2.69 bits per heavy atom. The van der Waals surface area contributed by atoms with Crippen molar-refractivity contribution in [3.05, 3.63) is 16.5 Å². The Bertz CT molecular complexity index is 821. The minimum absolute atomic E-state index is 0.137. The molecule has 2 aliphatic rings. The lowest BCUT2D eigenvalue weighted by atomic mass is 9.95. The van der Waals surface area contributed by atoms with Crippen LogP contribution in [0.1, 0.15) is 33.1 Å². The fourth-order valence-electron chi connectivity index (χ4n) is 3.46. The van der Waals surface area contributed by atoms with Crippen molar-refractivity contribution in [2.45, 2.75) is 48.9 Å². The summed E-state index contributed by atoms with van der Waals surface area (Å²) < 4.78 is 27.9. The Balaban J connectivity index is 1.92. The zero-order valence-electron chi connectivity index (χ0n) is 14.7. The number of carbonyl (C=O) groups excluding carboxylic acids is 2. The van der Waals surface area contributed by atoms with E-state index < -0.39 is 21.6 Å². The van der Waals surface area contributed by atoms with Crippen molar-refractivity contribution in [2.75, 3.05) is 19.6 Å². The normalized spacial score (nSPS) is 24.3. The third-order valence-electron chi connectivity index (χ3n) is 4.97. The van der Waals surface area contributed by atoms with Crippen LogP contribution in [0.25, 0.3) is 0 Å². The largest absolute Gasteiger partial charge is 0.352 e. The highest BCUT2D eigenvalue weighted by Crippen LogP contribution is 2.33. The van der Waals surface area contributed by atoms with Crippen LogP contribution in [-0.4, -0.2) is 60.7 Å². The first-order chi connectivity index (χ1) is 12.2. The molecule has 2 aliphatic heterocycles. The predicted octanol–water partition coefficient (Wildman–Crippen LogP) is 1.68. The van der Waals surface area contributed by atoms with Gasteiger partial charge in [0.25, 0.3) is 10.0 Å². The number of piperazine rings is 1. The minimum Gasteiger partial charge on any atom is -0.352 e. The summed E-state index contributed by atoms with van der Waals surface area (Å²) in [7, 11) is -3.81. The zero-order chi connectivity index (χ0) is 19.1. The number of carbonyl (C=O) groups is 2. The molecule has 0 saturated carbocycles. The van der Waals surface area contributed by atoms with Crippen LogP contribution in [0.5, 0.6) is 0 Å². The van der Waals surface area contributed by atoms with Crippen LogP contribution in [-0.2, 0) is 19.6 Å². The molecule has 2 saturated heterocycles. The molecule has 0 radical (unpaired) electrons. The number of nitrogens with zero attached hydrogens (tertiary/aromatic N) is 2. The van der Waals surface area contributed by atoms with Crippen LogP contribution in [0.4, 0.5) is 0 Å². The lowest BCUT2D eigenvalue weighted by Crippen LogP contribution is -2.66. The number of hydrogen-bond acceptors (Lipinski definition) is 5. The molecular formula is C16H22ClN3O4S2. The van der Waals surface area contributed by atoms with Gasteiger partial charge in [-0.2, -0.15) is 4.31 Å². The first-order valence-corrected chi connectivity index (χ1v) is 11.2. The molecule has 10 heteroatoms. The van der Waals surface area contributed by atoms with E-state index >= 15 is 0 Å². The first-order valence-electron chi connectivity index (χ1n) is 8.52. The second-order valence-corrected chi connectivity index (χ2v) is 10.8. The molecule has 26 heavy (non-hydrogen) atoms. The van der Waals surface area contributed by atoms with Crippen molar-refractivity contribution in [3.8, 4) is 0 Å². The summed E-state index contributed by atoms with van der Waals surface area (Å²) in [6.45, 7) is 4.38. The highest BCUT2D eigenvalue weighted by molar-refractivity contribution is 7.91. The number of sulfonamides is 1. The number of halogens is 1. The fourth-order valence-corrected chi connectivity index (χ4v) is 6.72. The zero-order valence-corrected chi connectivity index (χ0v) is 17.1. The lowest BCUT2D eigenvalue weighted by molar-refractivity contribution is -0.152. The Labute approximate surface area is 162 Å². The maximum Gasteiger partial charge on any atom is 0.253 e. The molecule has 1 atom stereocenters. The van der Waals surface area contributed by atoms with Crippen LogP contribution in [0.15, 0.2) is 16.3 Å². The Kier molecular flexibility index (Phi) is 5.35. The molecule has 2 amide bonds. The van der Waals surface area contributed by atoms with Crippen LogP contribution in [0.2, 0.25) is 4.34 Å². The molecule has 0 aromatic carbocycles. The van der Waals surface area contributed by atoms with Gasteiger partial charge in [0.15, 0.2) is 0 Å². The molecule has 1 N–H and O–H groups in total. The Hall–Kier alpha value is -1.16.